The van der Waals surface area contributed by atoms with Crippen molar-refractivity contribution in [3.05, 3.63) is 54.4 Å². The molecule has 0 radical (unpaired) electrons. The molecule has 0 aromatic carbocycles. The Kier molecular flexibility index (Phi) is 2.99. The molecule has 2 rings (SSSR count). The fourth-order valence-electron chi connectivity index (χ4n) is 1.50. The Hall–Kier alpha value is -1.81. The van der Waals surface area contributed by atoms with E-state index >= 15 is 0 Å². The minimum atomic E-state index is 0.0710. The number of nitrogens with zero attached hydrogens (tertiary/aromatic N) is 3. The number of hydrogen-bond donors (Lipinski definition) is 1. The Balaban J connectivity index is 2.34. The van der Waals surface area contributed by atoms with Crippen LogP contribution in [-0.2, 0) is 0 Å². The Labute approximate surface area is 88.4 Å². The van der Waals surface area contributed by atoms with E-state index in [1.807, 2.05) is 31.4 Å². The van der Waals surface area contributed by atoms with Gasteiger partial charge in [-0.05, 0) is 24.7 Å². The molecule has 15 heavy (non-hydrogen) atoms. The van der Waals surface area contributed by atoms with Crippen LogP contribution in [0.3, 0.4) is 0 Å². The summed E-state index contributed by atoms with van der Waals surface area (Å²) in [6, 6.07) is 5.91. The van der Waals surface area contributed by atoms with Crippen LogP contribution >= 0.6 is 0 Å². The van der Waals surface area contributed by atoms with E-state index in [0.29, 0.717) is 0 Å². The highest BCUT2D eigenvalue weighted by molar-refractivity contribution is 5.23. The molecule has 2 aromatic heterocycles. The molecule has 2 aromatic rings. The third-order valence-corrected chi connectivity index (χ3v) is 2.21. The van der Waals surface area contributed by atoms with Crippen LogP contribution in [0.5, 0.6) is 0 Å². The maximum absolute atomic E-state index is 4.22. The van der Waals surface area contributed by atoms with E-state index in [-0.39, 0.29) is 6.04 Å². The summed E-state index contributed by atoms with van der Waals surface area (Å²) in [5.41, 5.74) is 2.04. The van der Waals surface area contributed by atoms with Crippen LogP contribution in [-0.4, -0.2) is 22.0 Å². The molecule has 0 amide bonds. The second-order valence-corrected chi connectivity index (χ2v) is 3.14. The van der Waals surface area contributed by atoms with Crippen molar-refractivity contribution in [2.24, 2.45) is 0 Å². The van der Waals surface area contributed by atoms with Gasteiger partial charge in [-0.1, -0.05) is 6.07 Å². The summed E-state index contributed by atoms with van der Waals surface area (Å²) < 4.78 is 0. The highest BCUT2D eigenvalue weighted by Gasteiger charge is 2.12. The van der Waals surface area contributed by atoms with Crippen LogP contribution in [0.25, 0.3) is 0 Å². The smallest absolute Gasteiger partial charge is 0.115 e. The second-order valence-electron chi connectivity index (χ2n) is 3.14. The first-order chi connectivity index (χ1) is 7.42. The lowest BCUT2D eigenvalue weighted by Crippen LogP contribution is -2.18. The summed E-state index contributed by atoms with van der Waals surface area (Å²) in [4.78, 5) is 12.2. The molecule has 1 atom stereocenters. The van der Waals surface area contributed by atoms with E-state index in [4.69, 9.17) is 0 Å². The number of hydrogen-bond acceptors (Lipinski definition) is 4. The quantitative estimate of drug-likeness (QED) is 0.808. The van der Waals surface area contributed by atoms with Crippen LogP contribution in [0.15, 0.2) is 43.1 Å². The van der Waals surface area contributed by atoms with Gasteiger partial charge in [-0.15, -0.1) is 0 Å². The third-order valence-electron chi connectivity index (χ3n) is 2.21. The molecule has 0 bridgehead atoms. The lowest BCUT2D eigenvalue weighted by Gasteiger charge is -2.14. The van der Waals surface area contributed by atoms with Crippen molar-refractivity contribution in [2.45, 2.75) is 6.04 Å². The molecule has 0 aliphatic carbocycles. The Bertz CT molecular complexity index is 362. The first-order valence-corrected chi connectivity index (χ1v) is 4.75. The molecule has 1 unspecified atom stereocenters. The molecule has 76 valence electrons. The minimum absolute atomic E-state index is 0.0710. The van der Waals surface area contributed by atoms with E-state index in [1.54, 1.807) is 18.7 Å². The van der Waals surface area contributed by atoms with Crippen molar-refractivity contribution < 1.29 is 0 Å². The van der Waals surface area contributed by atoms with Crippen molar-refractivity contribution in [1.82, 2.24) is 20.3 Å². The standard InChI is InChI=1S/C11H12N4/c1-12-11(9-3-2-5-13-7-9)10-4-6-14-8-15-10/h2-8,11-12H,1H3. The van der Waals surface area contributed by atoms with Gasteiger partial charge in [0.15, 0.2) is 0 Å². The maximum atomic E-state index is 4.22. The zero-order chi connectivity index (χ0) is 10.5. The van der Waals surface area contributed by atoms with E-state index in [2.05, 4.69) is 20.3 Å². The van der Waals surface area contributed by atoms with Gasteiger partial charge in [0.1, 0.15) is 6.33 Å². The molecule has 0 saturated heterocycles. The second kappa shape index (κ2) is 4.61. The average Bonchev–Trinajstić information content (AvgIpc) is 2.33. The van der Waals surface area contributed by atoms with Crippen molar-refractivity contribution in [2.75, 3.05) is 7.05 Å². The van der Waals surface area contributed by atoms with Crippen LogP contribution < -0.4 is 5.32 Å². The highest BCUT2D eigenvalue weighted by atomic mass is 14.9. The number of nitrogens with one attached hydrogen (secondary N) is 1. The Morgan fingerprint density at radius 3 is 2.73 bits per heavy atom. The Morgan fingerprint density at radius 1 is 1.20 bits per heavy atom. The first-order valence-electron chi connectivity index (χ1n) is 4.75. The predicted molar refractivity (Wildman–Crippen MR) is 57.2 cm³/mol. The van der Waals surface area contributed by atoms with E-state index in [0.717, 1.165) is 11.3 Å². The van der Waals surface area contributed by atoms with Crippen LogP contribution in [0, 0.1) is 0 Å². The van der Waals surface area contributed by atoms with Crippen LogP contribution in [0.1, 0.15) is 17.3 Å². The topological polar surface area (TPSA) is 50.7 Å². The number of pyridine rings is 1. The summed E-state index contributed by atoms with van der Waals surface area (Å²) in [6.45, 7) is 0. The van der Waals surface area contributed by atoms with Gasteiger partial charge >= 0.3 is 0 Å². The van der Waals surface area contributed by atoms with Crippen molar-refractivity contribution in [3.8, 4) is 0 Å². The molecule has 0 saturated carbocycles. The Morgan fingerprint density at radius 2 is 2.13 bits per heavy atom. The fourth-order valence-corrected chi connectivity index (χ4v) is 1.50. The maximum Gasteiger partial charge on any atom is 0.115 e. The zero-order valence-corrected chi connectivity index (χ0v) is 8.46. The van der Waals surface area contributed by atoms with Crippen LogP contribution in [0.4, 0.5) is 0 Å². The largest absolute Gasteiger partial charge is 0.308 e. The summed E-state index contributed by atoms with van der Waals surface area (Å²) in [5.74, 6) is 0. The SMILES string of the molecule is CNC(c1cccnc1)c1ccncn1. The first kappa shape index (κ1) is 9.73. The van der Waals surface area contributed by atoms with E-state index < -0.39 is 0 Å². The number of aromatic nitrogens is 3. The normalized spacial score (nSPS) is 12.3. The van der Waals surface area contributed by atoms with Crippen molar-refractivity contribution in [1.29, 1.82) is 0 Å². The van der Waals surface area contributed by atoms with Gasteiger partial charge in [-0.3, -0.25) is 4.98 Å². The van der Waals surface area contributed by atoms with Crippen molar-refractivity contribution in [3.63, 3.8) is 0 Å². The van der Waals surface area contributed by atoms with Gasteiger partial charge in [0.2, 0.25) is 0 Å². The van der Waals surface area contributed by atoms with Gasteiger partial charge in [0, 0.05) is 18.6 Å². The molecule has 1 N–H and O–H groups in total. The van der Waals surface area contributed by atoms with Gasteiger partial charge in [-0.25, -0.2) is 9.97 Å². The number of rotatable bonds is 3. The van der Waals surface area contributed by atoms with Crippen LogP contribution in [0.2, 0.25) is 0 Å². The lowest BCUT2D eigenvalue weighted by molar-refractivity contribution is 0.665. The fraction of sp³-hybridized carbons (Fsp3) is 0.182. The predicted octanol–water partition coefficient (Wildman–Crippen LogP) is 1.18. The summed E-state index contributed by atoms with van der Waals surface area (Å²) in [5, 5.41) is 3.20. The third kappa shape index (κ3) is 2.16. The molecular formula is C11H12N4. The molecule has 0 aliphatic rings. The molecular weight excluding hydrogens is 188 g/mol. The zero-order valence-electron chi connectivity index (χ0n) is 8.46. The lowest BCUT2D eigenvalue weighted by atomic mass is 10.1. The van der Waals surface area contributed by atoms with Gasteiger partial charge in [0.05, 0.1) is 11.7 Å². The minimum Gasteiger partial charge on any atom is -0.308 e. The summed E-state index contributed by atoms with van der Waals surface area (Å²) in [6.07, 6.45) is 6.89. The van der Waals surface area contributed by atoms with Crippen molar-refractivity contribution >= 4 is 0 Å². The molecule has 0 fully saturated rings. The average molecular weight is 200 g/mol. The summed E-state index contributed by atoms with van der Waals surface area (Å²) >= 11 is 0. The molecule has 2 heterocycles. The molecule has 0 aliphatic heterocycles. The van der Waals surface area contributed by atoms with E-state index in [1.165, 1.54) is 0 Å². The van der Waals surface area contributed by atoms with Gasteiger partial charge in [0.25, 0.3) is 0 Å². The molecule has 4 heteroatoms. The molecule has 0 spiro atoms. The van der Waals surface area contributed by atoms with Gasteiger partial charge < -0.3 is 5.32 Å². The monoisotopic (exact) mass is 200 g/mol. The highest BCUT2D eigenvalue weighted by Crippen LogP contribution is 2.17. The molecule has 4 nitrogen and oxygen atoms in total. The summed E-state index contributed by atoms with van der Waals surface area (Å²) in [7, 11) is 1.90. The van der Waals surface area contributed by atoms with Gasteiger partial charge in [-0.2, -0.15) is 0 Å². The van der Waals surface area contributed by atoms with E-state index in [9.17, 15) is 0 Å².